The normalized spacial score (nSPS) is 20.2. The van der Waals surface area contributed by atoms with Crippen molar-refractivity contribution in [3.8, 4) is 0 Å². The molecule has 1 fully saturated rings. The molecule has 1 unspecified atom stereocenters. The summed E-state index contributed by atoms with van der Waals surface area (Å²) in [6.07, 6.45) is 0.805. The number of hydrogen-bond donors (Lipinski definition) is 2. The van der Waals surface area contributed by atoms with Crippen molar-refractivity contribution < 1.29 is 4.79 Å². The van der Waals surface area contributed by atoms with Crippen LogP contribution in [0, 0.1) is 6.92 Å². The summed E-state index contributed by atoms with van der Waals surface area (Å²) in [6, 6.07) is 5.92. The van der Waals surface area contributed by atoms with Gasteiger partial charge >= 0.3 is 0 Å². The van der Waals surface area contributed by atoms with E-state index >= 15 is 0 Å². The topological polar surface area (TPSA) is 58.4 Å². The molecule has 2 rings (SSSR count). The number of carbonyl (C=O) groups is 1. The summed E-state index contributed by atoms with van der Waals surface area (Å²) in [5, 5.41) is 2.90. The van der Waals surface area contributed by atoms with Crippen LogP contribution in [0.1, 0.15) is 18.9 Å². The Labute approximate surface area is 102 Å². The van der Waals surface area contributed by atoms with Crippen LogP contribution in [-0.4, -0.2) is 25.0 Å². The fraction of sp³-hybridized carbons (Fsp3) is 0.462. The molecule has 4 heteroatoms. The zero-order valence-corrected chi connectivity index (χ0v) is 10.4. The maximum atomic E-state index is 11.8. The van der Waals surface area contributed by atoms with Gasteiger partial charge in [-0.25, -0.2) is 0 Å². The number of piperazine rings is 1. The molecule has 1 heterocycles. The molecule has 0 aliphatic carbocycles. The number of nitrogen functional groups attached to an aromatic ring is 1. The van der Waals surface area contributed by atoms with E-state index in [1.807, 2.05) is 32.0 Å². The van der Waals surface area contributed by atoms with Gasteiger partial charge < -0.3 is 16.0 Å². The Morgan fingerprint density at radius 1 is 1.53 bits per heavy atom. The van der Waals surface area contributed by atoms with Gasteiger partial charge in [-0.15, -0.1) is 0 Å². The Kier molecular flexibility index (Phi) is 3.22. The summed E-state index contributed by atoms with van der Waals surface area (Å²) in [6.45, 7) is 5.55. The molecule has 0 radical (unpaired) electrons. The molecule has 1 aromatic carbocycles. The van der Waals surface area contributed by atoms with Crippen LogP contribution in [0.2, 0.25) is 0 Å². The smallest absolute Gasteiger partial charge is 0.242 e. The van der Waals surface area contributed by atoms with E-state index in [0.717, 1.165) is 29.9 Å². The molecular weight excluding hydrogens is 214 g/mol. The maximum absolute atomic E-state index is 11.8. The average Bonchev–Trinajstić information content (AvgIpc) is 2.32. The van der Waals surface area contributed by atoms with Crippen LogP contribution in [0.15, 0.2) is 18.2 Å². The van der Waals surface area contributed by atoms with Crippen LogP contribution in [0.5, 0.6) is 0 Å². The minimum absolute atomic E-state index is 0.0779. The van der Waals surface area contributed by atoms with E-state index in [1.54, 1.807) is 0 Å². The Morgan fingerprint density at radius 3 is 2.94 bits per heavy atom. The lowest BCUT2D eigenvalue weighted by Crippen LogP contribution is -2.55. The van der Waals surface area contributed by atoms with Crippen molar-refractivity contribution in [3.63, 3.8) is 0 Å². The molecule has 0 saturated carbocycles. The molecule has 3 N–H and O–H groups in total. The van der Waals surface area contributed by atoms with E-state index in [1.165, 1.54) is 0 Å². The summed E-state index contributed by atoms with van der Waals surface area (Å²) in [5.74, 6) is 0.109. The van der Waals surface area contributed by atoms with Crippen molar-refractivity contribution in [2.45, 2.75) is 26.3 Å². The molecule has 4 nitrogen and oxygen atoms in total. The molecule has 1 amide bonds. The van der Waals surface area contributed by atoms with Crippen LogP contribution in [0.4, 0.5) is 11.4 Å². The third kappa shape index (κ3) is 2.20. The average molecular weight is 233 g/mol. The van der Waals surface area contributed by atoms with Crippen molar-refractivity contribution in [1.29, 1.82) is 0 Å². The molecule has 1 aliphatic heterocycles. The minimum Gasteiger partial charge on any atom is -0.398 e. The lowest BCUT2D eigenvalue weighted by Gasteiger charge is -2.36. The second-order valence-electron chi connectivity index (χ2n) is 4.45. The number of nitrogens with one attached hydrogen (secondary N) is 1. The number of aryl methyl sites for hydroxylation is 1. The van der Waals surface area contributed by atoms with Crippen molar-refractivity contribution in [2.75, 3.05) is 23.7 Å². The van der Waals surface area contributed by atoms with Crippen LogP contribution in [-0.2, 0) is 4.79 Å². The maximum Gasteiger partial charge on any atom is 0.242 e. The third-order valence-corrected chi connectivity index (χ3v) is 3.31. The van der Waals surface area contributed by atoms with Crippen LogP contribution >= 0.6 is 0 Å². The van der Waals surface area contributed by atoms with Gasteiger partial charge in [-0.2, -0.15) is 0 Å². The molecule has 1 saturated heterocycles. The predicted octanol–water partition coefficient (Wildman–Crippen LogP) is 1.29. The predicted molar refractivity (Wildman–Crippen MR) is 70.0 cm³/mol. The molecule has 0 spiro atoms. The van der Waals surface area contributed by atoms with Gasteiger partial charge in [0, 0.05) is 24.5 Å². The summed E-state index contributed by atoms with van der Waals surface area (Å²) >= 11 is 0. The van der Waals surface area contributed by atoms with E-state index in [4.69, 9.17) is 5.73 Å². The molecular formula is C13H19N3O. The van der Waals surface area contributed by atoms with Gasteiger partial charge in [0.05, 0.1) is 0 Å². The SMILES string of the molecule is CCC1C(=O)NCCN1c1ccc(C)c(N)c1. The van der Waals surface area contributed by atoms with Crippen LogP contribution < -0.4 is 16.0 Å². The number of hydrogen-bond acceptors (Lipinski definition) is 3. The highest BCUT2D eigenvalue weighted by atomic mass is 16.2. The molecule has 92 valence electrons. The second-order valence-corrected chi connectivity index (χ2v) is 4.45. The summed E-state index contributed by atoms with van der Waals surface area (Å²) in [7, 11) is 0. The third-order valence-electron chi connectivity index (χ3n) is 3.31. The fourth-order valence-electron chi connectivity index (χ4n) is 2.24. The lowest BCUT2D eigenvalue weighted by molar-refractivity contribution is -0.123. The van der Waals surface area contributed by atoms with Gasteiger partial charge in [0.25, 0.3) is 0 Å². The largest absolute Gasteiger partial charge is 0.398 e. The summed E-state index contributed by atoms with van der Waals surface area (Å²) < 4.78 is 0. The summed E-state index contributed by atoms with van der Waals surface area (Å²) in [5.41, 5.74) is 8.81. The number of benzene rings is 1. The van der Waals surface area contributed by atoms with E-state index < -0.39 is 0 Å². The number of amides is 1. The van der Waals surface area contributed by atoms with E-state index in [0.29, 0.717) is 6.54 Å². The molecule has 17 heavy (non-hydrogen) atoms. The Morgan fingerprint density at radius 2 is 2.29 bits per heavy atom. The van der Waals surface area contributed by atoms with Gasteiger partial charge in [-0.3, -0.25) is 4.79 Å². The minimum atomic E-state index is -0.0779. The highest BCUT2D eigenvalue weighted by molar-refractivity contribution is 5.86. The van der Waals surface area contributed by atoms with Crippen molar-refractivity contribution in [3.05, 3.63) is 23.8 Å². The number of nitrogens with zero attached hydrogens (tertiary/aromatic N) is 1. The molecule has 1 aromatic rings. The molecule has 1 atom stereocenters. The van der Waals surface area contributed by atoms with Crippen LogP contribution in [0.3, 0.4) is 0 Å². The zero-order chi connectivity index (χ0) is 12.4. The van der Waals surface area contributed by atoms with Crippen molar-refractivity contribution in [2.24, 2.45) is 0 Å². The highest BCUT2D eigenvalue weighted by Gasteiger charge is 2.28. The van der Waals surface area contributed by atoms with E-state index in [2.05, 4.69) is 10.2 Å². The number of carbonyl (C=O) groups excluding carboxylic acids is 1. The van der Waals surface area contributed by atoms with Crippen molar-refractivity contribution >= 4 is 17.3 Å². The fourth-order valence-corrected chi connectivity index (χ4v) is 2.24. The Bertz CT molecular complexity index is 431. The Balaban J connectivity index is 2.30. The van der Waals surface area contributed by atoms with Gasteiger partial charge in [-0.05, 0) is 31.0 Å². The van der Waals surface area contributed by atoms with Crippen LogP contribution in [0.25, 0.3) is 0 Å². The zero-order valence-electron chi connectivity index (χ0n) is 10.4. The number of rotatable bonds is 2. The number of nitrogens with two attached hydrogens (primary N) is 1. The first kappa shape index (κ1) is 11.8. The molecule has 0 bridgehead atoms. The quantitative estimate of drug-likeness (QED) is 0.757. The Hall–Kier alpha value is -1.71. The highest BCUT2D eigenvalue weighted by Crippen LogP contribution is 2.24. The van der Waals surface area contributed by atoms with Crippen molar-refractivity contribution in [1.82, 2.24) is 5.32 Å². The summed E-state index contributed by atoms with van der Waals surface area (Å²) in [4.78, 5) is 13.9. The molecule has 1 aliphatic rings. The van der Waals surface area contributed by atoms with Gasteiger partial charge in [-0.1, -0.05) is 13.0 Å². The standard InChI is InChI=1S/C13H19N3O/c1-3-12-13(17)15-6-7-16(12)10-5-4-9(2)11(14)8-10/h4-5,8,12H,3,6-7,14H2,1-2H3,(H,15,17). The first-order valence-electron chi connectivity index (χ1n) is 6.04. The van der Waals surface area contributed by atoms with E-state index in [-0.39, 0.29) is 11.9 Å². The second kappa shape index (κ2) is 4.65. The number of anilines is 2. The molecule has 0 aromatic heterocycles. The van der Waals surface area contributed by atoms with Gasteiger partial charge in [0.15, 0.2) is 0 Å². The van der Waals surface area contributed by atoms with E-state index in [9.17, 15) is 4.79 Å². The van der Waals surface area contributed by atoms with Gasteiger partial charge in [0.2, 0.25) is 5.91 Å². The monoisotopic (exact) mass is 233 g/mol. The first-order chi connectivity index (χ1) is 8.13. The van der Waals surface area contributed by atoms with Gasteiger partial charge in [0.1, 0.15) is 6.04 Å². The lowest BCUT2D eigenvalue weighted by atomic mass is 10.1. The first-order valence-corrected chi connectivity index (χ1v) is 6.04.